The molecule has 0 saturated carbocycles. The second-order valence-corrected chi connectivity index (χ2v) is 14.0. The second-order valence-electron chi connectivity index (χ2n) is 9.56. The van der Waals surface area contributed by atoms with Crippen molar-refractivity contribution >= 4 is 14.1 Å². The molecule has 0 aliphatic rings. The molecule has 0 aliphatic carbocycles. The molecular weight excluding hydrogens is 476 g/mol. The van der Waals surface area contributed by atoms with Gasteiger partial charge in [-0.3, -0.25) is 4.79 Å². The average molecular weight is 519 g/mol. The van der Waals surface area contributed by atoms with Crippen molar-refractivity contribution in [2.45, 2.75) is 64.5 Å². The average Bonchev–Trinajstić information content (AvgIpc) is 2.87. The van der Waals surface area contributed by atoms with Gasteiger partial charge in [-0.2, -0.15) is 0 Å². The topological polar surface area (TPSA) is 72.5 Å². The van der Waals surface area contributed by atoms with Gasteiger partial charge >= 0.3 is 0 Å². The van der Waals surface area contributed by atoms with Crippen LogP contribution in [0.1, 0.15) is 54.6 Å². The van der Waals surface area contributed by atoms with Crippen LogP contribution in [0.4, 0.5) is 0 Å². The molecule has 2 aromatic rings. The van der Waals surface area contributed by atoms with Gasteiger partial charge in [-0.05, 0) is 68.4 Å². The van der Waals surface area contributed by atoms with Crippen LogP contribution in [0.5, 0.6) is 23.0 Å². The first kappa shape index (κ1) is 29.7. The normalized spacial score (nSPS) is 13.1. The van der Waals surface area contributed by atoms with E-state index >= 15 is 0 Å². The summed E-state index contributed by atoms with van der Waals surface area (Å²) in [5.74, 6) is 2.42. The highest BCUT2D eigenvalue weighted by molar-refractivity contribution is 6.69. The standard InChI is InChI=1S/C28H42O7Si/c1-9-10-17-34-28(21-12-15-24(31-3)27(19-21)33-5)25(35-36(6,7)8)16-13-22(29)20-11-14-23(30-2)26(18-20)32-4/h11-12,14-15,18-19,25,28H,9-10,13,16-17H2,1-8H3/t25-,28-/m1/s1. The zero-order valence-corrected chi connectivity index (χ0v) is 24.0. The molecule has 8 heteroatoms. The van der Waals surface area contributed by atoms with Crippen molar-refractivity contribution < 1.29 is 32.9 Å². The quantitative estimate of drug-likeness (QED) is 0.143. The van der Waals surface area contributed by atoms with Crippen molar-refractivity contribution in [1.82, 2.24) is 0 Å². The molecule has 36 heavy (non-hydrogen) atoms. The Morgan fingerprint density at radius 2 is 1.42 bits per heavy atom. The number of ether oxygens (including phenoxy) is 5. The van der Waals surface area contributed by atoms with Crippen LogP contribution in [0.25, 0.3) is 0 Å². The molecule has 0 saturated heterocycles. The van der Waals surface area contributed by atoms with E-state index in [0.717, 1.165) is 18.4 Å². The van der Waals surface area contributed by atoms with Crippen LogP contribution < -0.4 is 18.9 Å². The molecule has 0 spiro atoms. The van der Waals surface area contributed by atoms with Crippen LogP contribution in [-0.2, 0) is 9.16 Å². The third-order valence-corrected chi connectivity index (χ3v) is 6.75. The number of unbranched alkanes of at least 4 members (excludes halogenated alkanes) is 1. The summed E-state index contributed by atoms with van der Waals surface area (Å²) in [6.07, 6.45) is 2.15. The summed E-state index contributed by atoms with van der Waals surface area (Å²) in [4.78, 5) is 13.2. The zero-order valence-electron chi connectivity index (χ0n) is 23.0. The number of carbonyl (C=O) groups excluding carboxylic acids is 1. The summed E-state index contributed by atoms with van der Waals surface area (Å²) in [6, 6.07) is 11.0. The first-order chi connectivity index (χ1) is 17.2. The van der Waals surface area contributed by atoms with E-state index in [-0.39, 0.29) is 18.0 Å². The van der Waals surface area contributed by atoms with E-state index in [0.29, 0.717) is 48.0 Å². The zero-order chi connectivity index (χ0) is 26.7. The monoisotopic (exact) mass is 518 g/mol. The molecular formula is C28H42O7Si. The molecule has 0 radical (unpaired) electrons. The van der Waals surface area contributed by atoms with Crippen molar-refractivity contribution in [3.63, 3.8) is 0 Å². The number of rotatable bonds is 16. The van der Waals surface area contributed by atoms with Crippen LogP contribution in [0.2, 0.25) is 19.6 Å². The van der Waals surface area contributed by atoms with Crippen molar-refractivity contribution in [3.8, 4) is 23.0 Å². The minimum atomic E-state index is -1.97. The van der Waals surface area contributed by atoms with Crippen molar-refractivity contribution in [1.29, 1.82) is 0 Å². The fourth-order valence-corrected chi connectivity index (χ4v) is 5.11. The number of Topliss-reactive ketones (excluding diaryl/α,β-unsaturated/α-hetero) is 1. The van der Waals surface area contributed by atoms with Crippen molar-refractivity contribution in [2.75, 3.05) is 35.0 Å². The van der Waals surface area contributed by atoms with Gasteiger partial charge in [0.05, 0.1) is 34.5 Å². The summed E-state index contributed by atoms with van der Waals surface area (Å²) in [7, 11) is 4.40. The van der Waals surface area contributed by atoms with E-state index in [1.54, 1.807) is 46.6 Å². The highest BCUT2D eigenvalue weighted by atomic mass is 28.4. The molecule has 0 unspecified atom stereocenters. The lowest BCUT2D eigenvalue weighted by atomic mass is 9.97. The lowest BCUT2D eigenvalue weighted by Gasteiger charge is -2.33. The van der Waals surface area contributed by atoms with Gasteiger partial charge in [0, 0.05) is 18.6 Å². The molecule has 0 fully saturated rings. The summed E-state index contributed by atoms with van der Waals surface area (Å²) in [5.41, 5.74) is 1.51. The number of hydrogen-bond donors (Lipinski definition) is 0. The molecule has 0 heterocycles. The number of hydrogen-bond acceptors (Lipinski definition) is 7. The second kappa shape index (κ2) is 14.3. The first-order valence-electron chi connectivity index (χ1n) is 12.4. The third-order valence-electron chi connectivity index (χ3n) is 5.74. The van der Waals surface area contributed by atoms with Crippen molar-refractivity contribution in [3.05, 3.63) is 47.5 Å². The minimum Gasteiger partial charge on any atom is -0.493 e. The number of carbonyl (C=O) groups is 1. The molecule has 2 aromatic carbocycles. The Labute approximate surface area is 217 Å². The molecule has 0 N–H and O–H groups in total. The Kier molecular flexibility index (Phi) is 11.7. The van der Waals surface area contributed by atoms with Crippen LogP contribution in [0.3, 0.4) is 0 Å². The number of benzene rings is 2. The molecule has 0 bridgehead atoms. The van der Waals surface area contributed by atoms with E-state index in [9.17, 15) is 4.79 Å². The van der Waals surface area contributed by atoms with E-state index in [2.05, 4.69) is 26.6 Å². The van der Waals surface area contributed by atoms with E-state index < -0.39 is 8.32 Å². The Morgan fingerprint density at radius 3 is 1.97 bits per heavy atom. The maximum Gasteiger partial charge on any atom is 0.184 e. The molecule has 0 amide bonds. The van der Waals surface area contributed by atoms with Crippen molar-refractivity contribution in [2.24, 2.45) is 0 Å². The van der Waals surface area contributed by atoms with Crippen LogP contribution in [0.15, 0.2) is 36.4 Å². The SMILES string of the molecule is CCCCO[C@H](c1ccc(OC)c(OC)c1)[C@@H](CCC(=O)c1ccc(OC)c(OC)c1)O[Si](C)(C)C. The van der Waals surface area contributed by atoms with Gasteiger partial charge in [0.15, 0.2) is 37.1 Å². The predicted octanol–water partition coefficient (Wildman–Crippen LogP) is 6.46. The molecule has 2 rings (SSSR count). The predicted molar refractivity (Wildman–Crippen MR) is 144 cm³/mol. The molecule has 2 atom stereocenters. The van der Waals surface area contributed by atoms with Gasteiger partial charge in [0.25, 0.3) is 0 Å². The van der Waals surface area contributed by atoms with Gasteiger partial charge in [-0.1, -0.05) is 19.4 Å². The van der Waals surface area contributed by atoms with Gasteiger partial charge in [-0.15, -0.1) is 0 Å². The maximum absolute atomic E-state index is 13.2. The van der Waals surface area contributed by atoms with Crippen LogP contribution in [0, 0.1) is 0 Å². The summed E-state index contributed by atoms with van der Waals surface area (Å²) in [5, 5.41) is 0. The third kappa shape index (κ3) is 8.53. The molecule has 0 aromatic heterocycles. The maximum atomic E-state index is 13.2. The Morgan fingerprint density at radius 1 is 0.833 bits per heavy atom. The largest absolute Gasteiger partial charge is 0.493 e. The minimum absolute atomic E-state index is 0.0137. The molecule has 0 aliphatic heterocycles. The van der Waals surface area contributed by atoms with Crippen LogP contribution in [-0.4, -0.2) is 55.3 Å². The fourth-order valence-electron chi connectivity index (χ4n) is 3.96. The van der Waals surface area contributed by atoms with Gasteiger partial charge in [0.2, 0.25) is 0 Å². The van der Waals surface area contributed by atoms with Gasteiger partial charge < -0.3 is 28.1 Å². The highest BCUT2D eigenvalue weighted by Crippen LogP contribution is 2.36. The van der Waals surface area contributed by atoms with Gasteiger partial charge in [-0.25, -0.2) is 0 Å². The van der Waals surface area contributed by atoms with E-state index in [1.165, 1.54) is 0 Å². The highest BCUT2D eigenvalue weighted by Gasteiger charge is 2.31. The summed E-state index contributed by atoms with van der Waals surface area (Å²) in [6.45, 7) is 9.17. The lowest BCUT2D eigenvalue weighted by Crippen LogP contribution is -2.37. The molecule has 7 nitrogen and oxygen atoms in total. The summed E-state index contributed by atoms with van der Waals surface area (Å²) < 4.78 is 34.7. The number of ketones is 1. The Bertz CT molecular complexity index is 971. The van der Waals surface area contributed by atoms with E-state index in [1.807, 2.05) is 18.2 Å². The van der Waals surface area contributed by atoms with Crippen LogP contribution >= 0.6 is 0 Å². The Balaban J connectivity index is 2.35. The lowest BCUT2D eigenvalue weighted by molar-refractivity contribution is -0.0354. The fraction of sp³-hybridized carbons (Fsp3) is 0.536. The number of methoxy groups -OCH3 is 4. The first-order valence-corrected chi connectivity index (χ1v) is 15.8. The molecule has 200 valence electrons. The smallest absolute Gasteiger partial charge is 0.184 e. The summed E-state index contributed by atoms with van der Waals surface area (Å²) >= 11 is 0. The van der Waals surface area contributed by atoms with Gasteiger partial charge in [0.1, 0.15) is 6.10 Å². The van der Waals surface area contributed by atoms with E-state index in [4.69, 9.17) is 28.1 Å². The Hall–Kier alpha value is -2.55.